The fourth-order valence-electron chi connectivity index (χ4n) is 6.91. The molecular formula is C42H84O2. The number of ether oxygens (including phenoxy) is 1. The first-order valence-corrected chi connectivity index (χ1v) is 20.8. The van der Waals surface area contributed by atoms with Gasteiger partial charge in [-0.05, 0) is 31.1 Å². The first kappa shape index (κ1) is 43.5. The molecule has 0 aliphatic carbocycles. The summed E-state index contributed by atoms with van der Waals surface area (Å²) in [6, 6.07) is 0. The summed E-state index contributed by atoms with van der Waals surface area (Å²) < 4.78 is 5.80. The normalized spacial score (nSPS) is 12.9. The molecule has 0 aromatic carbocycles. The van der Waals surface area contributed by atoms with Gasteiger partial charge in [0.05, 0.1) is 6.61 Å². The summed E-state index contributed by atoms with van der Waals surface area (Å²) in [7, 11) is 0. The van der Waals surface area contributed by atoms with Crippen molar-refractivity contribution in [2.24, 2.45) is 11.8 Å². The number of carbonyl (C=O) groups excluding carboxylic acids is 1. The molecule has 0 bridgehead atoms. The van der Waals surface area contributed by atoms with E-state index in [1.54, 1.807) is 0 Å². The first-order valence-electron chi connectivity index (χ1n) is 20.8. The van der Waals surface area contributed by atoms with Crippen LogP contribution in [0.1, 0.15) is 246 Å². The lowest BCUT2D eigenvalue weighted by Gasteiger charge is -2.19. The van der Waals surface area contributed by atoms with Gasteiger partial charge in [0.15, 0.2) is 0 Å². The molecule has 0 amide bonds. The quantitative estimate of drug-likeness (QED) is 0.0510. The second kappa shape index (κ2) is 36.9. The minimum absolute atomic E-state index is 0.0387. The Morgan fingerprint density at radius 3 is 1.11 bits per heavy atom. The fourth-order valence-corrected chi connectivity index (χ4v) is 6.91. The Kier molecular flexibility index (Phi) is 36.5. The van der Waals surface area contributed by atoms with Crippen molar-refractivity contribution in [2.75, 3.05) is 6.61 Å². The maximum Gasteiger partial charge on any atom is 0.305 e. The predicted octanol–water partition coefficient (Wildman–Crippen LogP) is 15.1. The molecule has 0 saturated heterocycles. The number of carbonyl (C=O) groups is 1. The van der Waals surface area contributed by atoms with E-state index in [2.05, 4.69) is 27.7 Å². The highest BCUT2D eigenvalue weighted by molar-refractivity contribution is 5.69. The molecule has 0 rings (SSSR count). The molecule has 0 N–H and O–H groups in total. The van der Waals surface area contributed by atoms with Gasteiger partial charge in [0.1, 0.15) is 0 Å². The van der Waals surface area contributed by atoms with Crippen LogP contribution >= 0.6 is 0 Å². The molecule has 0 aliphatic rings. The van der Waals surface area contributed by atoms with Gasteiger partial charge in [-0.2, -0.15) is 0 Å². The largest absolute Gasteiger partial charge is 0.465 e. The Morgan fingerprint density at radius 1 is 0.386 bits per heavy atom. The maximum atomic E-state index is 12.3. The van der Waals surface area contributed by atoms with E-state index in [9.17, 15) is 4.79 Å². The molecule has 2 heteroatoms. The van der Waals surface area contributed by atoms with Crippen molar-refractivity contribution in [2.45, 2.75) is 246 Å². The van der Waals surface area contributed by atoms with Gasteiger partial charge in [0, 0.05) is 6.42 Å². The van der Waals surface area contributed by atoms with Crippen molar-refractivity contribution >= 4 is 5.97 Å². The summed E-state index contributed by atoms with van der Waals surface area (Å²) in [5.41, 5.74) is 0. The van der Waals surface area contributed by atoms with Crippen LogP contribution < -0.4 is 0 Å². The van der Waals surface area contributed by atoms with Crippen LogP contribution in [0.4, 0.5) is 0 Å². The summed E-state index contributed by atoms with van der Waals surface area (Å²) in [6.07, 6.45) is 45.9. The minimum Gasteiger partial charge on any atom is -0.465 e. The van der Waals surface area contributed by atoms with Gasteiger partial charge in [-0.3, -0.25) is 4.79 Å². The van der Waals surface area contributed by atoms with Crippen LogP contribution in [0.3, 0.4) is 0 Å². The number of hydrogen-bond donors (Lipinski definition) is 0. The van der Waals surface area contributed by atoms with Crippen molar-refractivity contribution in [3.8, 4) is 0 Å². The van der Waals surface area contributed by atoms with Gasteiger partial charge in [-0.25, -0.2) is 0 Å². The van der Waals surface area contributed by atoms with E-state index >= 15 is 0 Å². The van der Waals surface area contributed by atoms with Gasteiger partial charge >= 0.3 is 5.97 Å². The Morgan fingerprint density at radius 2 is 0.705 bits per heavy atom. The second-order valence-electron chi connectivity index (χ2n) is 14.6. The van der Waals surface area contributed by atoms with Crippen molar-refractivity contribution in [3.05, 3.63) is 0 Å². The topological polar surface area (TPSA) is 26.3 Å². The molecule has 0 aliphatic heterocycles. The van der Waals surface area contributed by atoms with Crippen LogP contribution in [0.25, 0.3) is 0 Å². The Balaban J connectivity index is 4.11. The van der Waals surface area contributed by atoms with E-state index in [0.29, 0.717) is 18.9 Å². The third kappa shape index (κ3) is 32.9. The minimum atomic E-state index is 0.0387. The van der Waals surface area contributed by atoms with Crippen LogP contribution in [0.15, 0.2) is 0 Å². The molecule has 0 radical (unpaired) electrons. The zero-order valence-corrected chi connectivity index (χ0v) is 31.2. The van der Waals surface area contributed by atoms with Crippen LogP contribution in [0.2, 0.25) is 0 Å². The summed E-state index contributed by atoms with van der Waals surface area (Å²) in [4.78, 5) is 12.3. The van der Waals surface area contributed by atoms with Crippen LogP contribution in [-0.4, -0.2) is 12.6 Å². The van der Waals surface area contributed by atoms with Crippen LogP contribution in [0.5, 0.6) is 0 Å². The summed E-state index contributed by atoms with van der Waals surface area (Å²) >= 11 is 0. The Hall–Kier alpha value is -0.530. The number of esters is 1. The first-order chi connectivity index (χ1) is 21.7. The average molecular weight is 621 g/mol. The molecule has 0 spiro atoms. The molecule has 264 valence electrons. The van der Waals surface area contributed by atoms with Gasteiger partial charge in [0.2, 0.25) is 0 Å². The number of hydrogen-bond acceptors (Lipinski definition) is 2. The molecule has 44 heavy (non-hydrogen) atoms. The third-order valence-corrected chi connectivity index (χ3v) is 10.2. The van der Waals surface area contributed by atoms with Crippen molar-refractivity contribution in [1.29, 1.82) is 0 Å². The lowest BCUT2D eigenvalue weighted by Crippen LogP contribution is -2.15. The Bertz CT molecular complexity index is 544. The summed E-state index contributed by atoms with van der Waals surface area (Å²) in [6.45, 7) is 9.85. The van der Waals surface area contributed by atoms with Crippen molar-refractivity contribution in [1.82, 2.24) is 0 Å². The standard InChI is InChI=1S/C42H84O2/c1-5-9-12-14-16-18-20-21-22-23-25-27-29-32-35-41(39-44-42(43)38-30-11-7-3)37-33-36-40(8-4)34-31-28-26-24-19-17-15-13-10-6-2/h40-41H,5-39H2,1-4H3. The van der Waals surface area contributed by atoms with Crippen LogP contribution in [0, 0.1) is 11.8 Å². The van der Waals surface area contributed by atoms with Crippen molar-refractivity contribution < 1.29 is 9.53 Å². The molecule has 2 unspecified atom stereocenters. The summed E-state index contributed by atoms with van der Waals surface area (Å²) in [5.74, 6) is 1.50. The maximum absolute atomic E-state index is 12.3. The van der Waals surface area contributed by atoms with E-state index in [-0.39, 0.29) is 5.97 Å². The second-order valence-corrected chi connectivity index (χ2v) is 14.6. The summed E-state index contributed by atoms with van der Waals surface area (Å²) in [5, 5.41) is 0. The molecule has 0 aromatic heterocycles. The Labute approximate surface area is 279 Å². The molecule has 2 nitrogen and oxygen atoms in total. The van der Waals surface area contributed by atoms with E-state index in [1.807, 2.05) is 0 Å². The predicted molar refractivity (Wildman–Crippen MR) is 198 cm³/mol. The average Bonchev–Trinajstić information content (AvgIpc) is 3.03. The third-order valence-electron chi connectivity index (χ3n) is 10.2. The zero-order chi connectivity index (χ0) is 32.2. The fraction of sp³-hybridized carbons (Fsp3) is 0.976. The smallest absolute Gasteiger partial charge is 0.305 e. The molecule has 2 atom stereocenters. The molecule has 0 saturated carbocycles. The molecule has 0 aromatic rings. The van der Waals surface area contributed by atoms with E-state index in [0.717, 1.165) is 25.2 Å². The van der Waals surface area contributed by atoms with E-state index in [4.69, 9.17) is 4.74 Å². The highest BCUT2D eigenvalue weighted by Crippen LogP contribution is 2.25. The lowest BCUT2D eigenvalue weighted by atomic mass is 9.89. The molecule has 0 fully saturated rings. The van der Waals surface area contributed by atoms with Crippen molar-refractivity contribution in [3.63, 3.8) is 0 Å². The van der Waals surface area contributed by atoms with E-state index in [1.165, 1.54) is 193 Å². The highest BCUT2D eigenvalue weighted by atomic mass is 16.5. The lowest BCUT2D eigenvalue weighted by molar-refractivity contribution is -0.145. The SMILES string of the molecule is CCCCCCCCCCCCCCCCC(CCCC(CC)CCCCCCCCCCCC)COC(=O)CCCCC. The van der Waals surface area contributed by atoms with Gasteiger partial charge in [-0.1, -0.05) is 220 Å². The molecule has 0 heterocycles. The van der Waals surface area contributed by atoms with E-state index < -0.39 is 0 Å². The van der Waals surface area contributed by atoms with Gasteiger partial charge < -0.3 is 4.74 Å². The molecular weight excluding hydrogens is 536 g/mol. The van der Waals surface area contributed by atoms with Gasteiger partial charge in [0.25, 0.3) is 0 Å². The zero-order valence-electron chi connectivity index (χ0n) is 31.2. The van der Waals surface area contributed by atoms with Crippen LogP contribution in [-0.2, 0) is 9.53 Å². The number of unbranched alkanes of at least 4 members (excludes halogenated alkanes) is 24. The monoisotopic (exact) mass is 621 g/mol. The highest BCUT2D eigenvalue weighted by Gasteiger charge is 2.14. The number of rotatable bonds is 37. The van der Waals surface area contributed by atoms with Gasteiger partial charge in [-0.15, -0.1) is 0 Å².